The van der Waals surface area contributed by atoms with Crippen molar-refractivity contribution in [2.75, 3.05) is 13.7 Å². The molecule has 1 aromatic rings. The normalized spacial score (nSPS) is 12.6. The quantitative estimate of drug-likeness (QED) is 0.776. The van der Waals surface area contributed by atoms with Crippen LogP contribution >= 0.6 is 15.9 Å². The van der Waals surface area contributed by atoms with E-state index in [4.69, 9.17) is 9.47 Å². The Kier molecular flexibility index (Phi) is 7.03. The van der Waals surface area contributed by atoms with Crippen molar-refractivity contribution >= 4 is 27.8 Å². The van der Waals surface area contributed by atoms with Crippen LogP contribution in [0.25, 0.3) is 0 Å². The lowest BCUT2D eigenvalue weighted by molar-refractivity contribution is 0.0464. The lowest BCUT2D eigenvalue weighted by Gasteiger charge is -2.23. The lowest BCUT2D eigenvalue weighted by atomic mass is 10.0. The summed E-state index contributed by atoms with van der Waals surface area (Å²) in [6.07, 6.45) is -0.416. The third-order valence-electron chi connectivity index (χ3n) is 2.67. The summed E-state index contributed by atoms with van der Waals surface area (Å²) in [5.41, 5.74) is -0.00260. The van der Waals surface area contributed by atoms with Gasteiger partial charge in [0.1, 0.15) is 5.60 Å². The first kappa shape index (κ1) is 18.6. The Morgan fingerprint density at radius 3 is 2.55 bits per heavy atom. The predicted molar refractivity (Wildman–Crippen MR) is 88.1 cm³/mol. The van der Waals surface area contributed by atoms with Gasteiger partial charge >= 0.3 is 6.09 Å². The highest BCUT2D eigenvalue weighted by atomic mass is 79.9. The van der Waals surface area contributed by atoms with Crippen LogP contribution in [-0.4, -0.2) is 37.2 Å². The number of ether oxygens (including phenoxy) is 2. The first-order valence-corrected chi connectivity index (χ1v) is 7.78. The fraction of sp³-hybridized carbons (Fsp3) is 0.500. The molecule has 22 heavy (non-hydrogen) atoms. The van der Waals surface area contributed by atoms with Gasteiger partial charge in [-0.05, 0) is 32.9 Å². The summed E-state index contributed by atoms with van der Waals surface area (Å²) < 4.78 is 11.1. The van der Waals surface area contributed by atoms with Crippen LogP contribution < -0.4 is 5.32 Å². The molecule has 1 unspecified atom stereocenters. The molecule has 0 aromatic heterocycles. The average molecular weight is 372 g/mol. The number of hydrogen-bond acceptors (Lipinski definition) is 4. The fourth-order valence-corrected chi connectivity index (χ4v) is 2.23. The Morgan fingerprint density at radius 1 is 1.32 bits per heavy atom. The molecule has 0 bridgehead atoms. The number of alkyl carbamates (subject to hydrolysis) is 1. The first-order valence-electron chi connectivity index (χ1n) is 6.98. The van der Waals surface area contributed by atoms with Crippen molar-refractivity contribution in [3.63, 3.8) is 0 Å². The summed E-state index contributed by atoms with van der Waals surface area (Å²) in [4.78, 5) is 24.1. The van der Waals surface area contributed by atoms with Crippen molar-refractivity contribution in [2.45, 2.75) is 38.8 Å². The molecule has 1 rings (SSSR count). The van der Waals surface area contributed by atoms with Gasteiger partial charge in [0, 0.05) is 23.6 Å². The van der Waals surface area contributed by atoms with Gasteiger partial charge in [-0.25, -0.2) is 4.79 Å². The van der Waals surface area contributed by atoms with Crippen molar-refractivity contribution in [2.24, 2.45) is 0 Å². The smallest absolute Gasteiger partial charge is 0.407 e. The number of rotatable bonds is 6. The molecule has 0 heterocycles. The van der Waals surface area contributed by atoms with E-state index in [1.807, 2.05) is 6.07 Å². The zero-order valence-electron chi connectivity index (χ0n) is 13.3. The molecule has 1 N–H and O–H groups in total. The van der Waals surface area contributed by atoms with Gasteiger partial charge in [-0.15, -0.1) is 0 Å². The number of Topliss-reactive ketones (excluding diaryl/α,β-unsaturated/α-hetero) is 1. The zero-order valence-corrected chi connectivity index (χ0v) is 14.9. The molecule has 5 nitrogen and oxygen atoms in total. The molecular weight excluding hydrogens is 350 g/mol. The van der Waals surface area contributed by atoms with E-state index in [9.17, 15) is 9.59 Å². The summed E-state index contributed by atoms with van der Waals surface area (Å²) in [7, 11) is 1.52. The number of carbonyl (C=O) groups is 2. The zero-order chi connectivity index (χ0) is 16.8. The topological polar surface area (TPSA) is 64.6 Å². The van der Waals surface area contributed by atoms with E-state index in [0.29, 0.717) is 5.56 Å². The molecule has 0 spiro atoms. The monoisotopic (exact) mass is 371 g/mol. The average Bonchev–Trinajstić information content (AvgIpc) is 2.36. The number of hydrogen-bond donors (Lipinski definition) is 1. The van der Waals surface area contributed by atoms with Crippen molar-refractivity contribution in [3.05, 3.63) is 34.3 Å². The van der Waals surface area contributed by atoms with Crippen LogP contribution in [0.4, 0.5) is 4.79 Å². The molecule has 0 saturated heterocycles. The summed E-state index contributed by atoms with van der Waals surface area (Å²) in [5.74, 6) is -0.0700. The molecule has 1 amide bonds. The van der Waals surface area contributed by atoms with Crippen LogP contribution in [0.2, 0.25) is 0 Å². The molecule has 1 atom stereocenters. The number of amides is 1. The highest BCUT2D eigenvalue weighted by Gasteiger charge is 2.21. The lowest BCUT2D eigenvalue weighted by Crippen LogP contribution is -2.42. The van der Waals surface area contributed by atoms with Gasteiger partial charge in [0.2, 0.25) is 0 Å². The Hall–Kier alpha value is -1.40. The van der Waals surface area contributed by atoms with Gasteiger partial charge in [0.05, 0.1) is 12.6 Å². The molecular formula is C16H22BrNO4. The van der Waals surface area contributed by atoms with E-state index < -0.39 is 17.7 Å². The number of halogens is 1. The molecule has 0 radical (unpaired) electrons. The van der Waals surface area contributed by atoms with Crippen LogP contribution in [0.5, 0.6) is 0 Å². The third-order valence-corrected chi connectivity index (χ3v) is 3.16. The Labute approximate surface area is 139 Å². The van der Waals surface area contributed by atoms with Crippen LogP contribution in [0.15, 0.2) is 28.7 Å². The van der Waals surface area contributed by atoms with E-state index in [0.717, 1.165) is 4.47 Å². The molecule has 0 aliphatic rings. The molecule has 0 fully saturated rings. The molecule has 1 aromatic carbocycles. The van der Waals surface area contributed by atoms with Crippen molar-refractivity contribution in [1.29, 1.82) is 0 Å². The van der Waals surface area contributed by atoms with E-state index in [1.54, 1.807) is 39.0 Å². The third kappa shape index (κ3) is 7.04. The van der Waals surface area contributed by atoms with Crippen LogP contribution in [0.3, 0.4) is 0 Å². The SMILES string of the molecule is COCC(CC(=O)c1cccc(Br)c1)NC(=O)OC(C)(C)C. The van der Waals surface area contributed by atoms with Crippen molar-refractivity contribution in [1.82, 2.24) is 5.32 Å². The van der Waals surface area contributed by atoms with Gasteiger partial charge in [-0.2, -0.15) is 0 Å². The predicted octanol–water partition coefficient (Wildman–Crippen LogP) is 3.56. The van der Waals surface area contributed by atoms with Crippen molar-refractivity contribution in [3.8, 4) is 0 Å². The number of ketones is 1. The number of benzene rings is 1. The maximum absolute atomic E-state index is 12.3. The van der Waals surface area contributed by atoms with E-state index in [-0.39, 0.29) is 18.8 Å². The minimum Gasteiger partial charge on any atom is -0.444 e. The molecule has 6 heteroatoms. The number of methoxy groups -OCH3 is 1. The van der Waals surface area contributed by atoms with Gasteiger partial charge < -0.3 is 14.8 Å². The summed E-state index contributed by atoms with van der Waals surface area (Å²) in [5, 5.41) is 2.67. The van der Waals surface area contributed by atoms with Gasteiger partial charge in [0.25, 0.3) is 0 Å². The standard InChI is InChI=1S/C16H22BrNO4/c1-16(2,3)22-15(20)18-13(10-21-4)9-14(19)11-6-5-7-12(17)8-11/h5-8,13H,9-10H2,1-4H3,(H,18,20). The summed E-state index contributed by atoms with van der Waals surface area (Å²) >= 11 is 3.33. The molecule has 0 saturated carbocycles. The van der Waals surface area contributed by atoms with Gasteiger partial charge in [0.15, 0.2) is 5.78 Å². The fourth-order valence-electron chi connectivity index (χ4n) is 1.83. The minimum absolute atomic E-state index is 0.0700. The highest BCUT2D eigenvalue weighted by molar-refractivity contribution is 9.10. The van der Waals surface area contributed by atoms with Crippen molar-refractivity contribution < 1.29 is 19.1 Å². The van der Waals surface area contributed by atoms with E-state index in [2.05, 4.69) is 21.2 Å². The van der Waals surface area contributed by atoms with Gasteiger partial charge in [-0.1, -0.05) is 28.1 Å². The van der Waals surface area contributed by atoms with Crippen LogP contribution in [0.1, 0.15) is 37.6 Å². The summed E-state index contributed by atoms with van der Waals surface area (Å²) in [6, 6.07) is 6.70. The maximum Gasteiger partial charge on any atom is 0.407 e. The molecule has 0 aliphatic carbocycles. The second-order valence-electron chi connectivity index (χ2n) is 5.94. The Bertz CT molecular complexity index is 525. The first-order chi connectivity index (χ1) is 10.2. The molecule has 0 aliphatic heterocycles. The minimum atomic E-state index is -0.587. The van der Waals surface area contributed by atoms with Crippen LogP contribution in [0, 0.1) is 0 Å². The molecule has 122 valence electrons. The maximum atomic E-state index is 12.3. The number of nitrogens with one attached hydrogen (secondary N) is 1. The van der Waals surface area contributed by atoms with E-state index in [1.165, 1.54) is 7.11 Å². The summed E-state index contributed by atoms with van der Waals surface area (Å²) in [6.45, 7) is 5.58. The van der Waals surface area contributed by atoms with Gasteiger partial charge in [-0.3, -0.25) is 4.79 Å². The number of carbonyl (C=O) groups excluding carboxylic acids is 2. The second kappa shape index (κ2) is 8.29. The Morgan fingerprint density at radius 2 is 2.00 bits per heavy atom. The second-order valence-corrected chi connectivity index (χ2v) is 6.85. The van der Waals surface area contributed by atoms with Crippen LogP contribution in [-0.2, 0) is 9.47 Å². The Balaban J connectivity index is 2.67. The highest BCUT2D eigenvalue weighted by Crippen LogP contribution is 2.14. The largest absolute Gasteiger partial charge is 0.444 e. The van der Waals surface area contributed by atoms with E-state index >= 15 is 0 Å².